The Hall–Kier alpha value is -2.63. The van der Waals surface area contributed by atoms with Gasteiger partial charge in [-0.2, -0.15) is 0 Å². The van der Waals surface area contributed by atoms with Crippen LogP contribution < -0.4 is 0 Å². The largest absolute Gasteiger partial charge is 0.450 e. The zero-order chi connectivity index (χ0) is 16.2. The molecule has 6 heteroatoms. The van der Waals surface area contributed by atoms with Gasteiger partial charge in [0.1, 0.15) is 0 Å². The highest BCUT2D eigenvalue weighted by atomic mass is 16.6. The highest BCUT2D eigenvalue weighted by Crippen LogP contribution is 2.18. The topological polar surface area (TPSA) is 62.7 Å². The predicted octanol–water partition coefficient (Wildman–Crippen LogP) is 2.15. The predicted molar refractivity (Wildman–Crippen MR) is 86.2 cm³/mol. The maximum absolute atomic E-state index is 12.8. The lowest BCUT2D eigenvalue weighted by atomic mass is 10.1. The van der Waals surface area contributed by atoms with Crippen LogP contribution in [0.2, 0.25) is 0 Å². The van der Waals surface area contributed by atoms with Gasteiger partial charge in [-0.25, -0.2) is 4.79 Å². The van der Waals surface area contributed by atoms with Gasteiger partial charge in [-0.15, -0.1) is 0 Å². The van der Waals surface area contributed by atoms with Gasteiger partial charge in [-0.05, 0) is 19.1 Å². The van der Waals surface area contributed by atoms with Crippen molar-refractivity contribution in [1.82, 2.24) is 14.8 Å². The average Bonchev–Trinajstić information content (AvgIpc) is 2.61. The summed E-state index contributed by atoms with van der Waals surface area (Å²) in [5.74, 6) is -0.0437. The smallest absolute Gasteiger partial charge is 0.409 e. The van der Waals surface area contributed by atoms with Crippen LogP contribution in [0.5, 0.6) is 0 Å². The van der Waals surface area contributed by atoms with E-state index in [1.165, 1.54) is 0 Å². The fourth-order valence-corrected chi connectivity index (χ4v) is 2.75. The van der Waals surface area contributed by atoms with Crippen LogP contribution in [0.1, 0.15) is 17.3 Å². The fraction of sp³-hybridized carbons (Fsp3) is 0.353. The molecule has 1 aliphatic rings. The average molecular weight is 313 g/mol. The first-order chi connectivity index (χ1) is 11.2. The monoisotopic (exact) mass is 313 g/mol. The lowest BCUT2D eigenvalue weighted by Crippen LogP contribution is -2.50. The molecule has 0 atom stereocenters. The molecule has 0 saturated carbocycles. The number of amides is 2. The van der Waals surface area contributed by atoms with Crippen molar-refractivity contribution in [2.45, 2.75) is 6.92 Å². The third-order valence-corrected chi connectivity index (χ3v) is 3.96. The maximum Gasteiger partial charge on any atom is 0.409 e. The van der Waals surface area contributed by atoms with Crippen LogP contribution >= 0.6 is 0 Å². The second kappa shape index (κ2) is 6.64. The first-order valence-corrected chi connectivity index (χ1v) is 7.75. The zero-order valence-corrected chi connectivity index (χ0v) is 13.1. The number of pyridine rings is 1. The Kier molecular flexibility index (Phi) is 4.41. The molecule has 1 aromatic carbocycles. The lowest BCUT2D eigenvalue weighted by Gasteiger charge is -2.34. The number of ether oxygens (including phenoxy) is 1. The zero-order valence-electron chi connectivity index (χ0n) is 13.1. The third kappa shape index (κ3) is 3.11. The van der Waals surface area contributed by atoms with E-state index in [4.69, 9.17) is 4.74 Å². The van der Waals surface area contributed by atoms with E-state index in [2.05, 4.69) is 4.98 Å². The number of fused-ring (bicyclic) bond motifs is 1. The van der Waals surface area contributed by atoms with Gasteiger partial charge in [0, 0.05) is 37.8 Å². The highest BCUT2D eigenvalue weighted by Gasteiger charge is 2.26. The number of benzene rings is 1. The van der Waals surface area contributed by atoms with E-state index < -0.39 is 0 Å². The normalized spacial score (nSPS) is 14.8. The Bertz CT molecular complexity index is 719. The quantitative estimate of drug-likeness (QED) is 0.852. The Balaban J connectivity index is 1.73. The molecule has 2 heterocycles. The van der Waals surface area contributed by atoms with Crippen molar-refractivity contribution in [3.05, 3.63) is 42.1 Å². The minimum Gasteiger partial charge on any atom is -0.450 e. The summed E-state index contributed by atoms with van der Waals surface area (Å²) in [5, 5.41) is 0.948. The van der Waals surface area contributed by atoms with Gasteiger partial charge in [0.05, 0.1) is 17.7 Å². The number of hydrogen-bond donors (Lipinski definition) is 0. The molecule has 2 amide bonds. The van der Waals surface area contributed by atoms with E-state index in [1.54, 1.807) is 29.0 Å². The van der Waals surface area contributed by atoms with Crippen LogP contribution in [0, 0.1) is 0 Å². The summed E-state index contributed by atoms with van der Waals surface area (Å²) in [5.41, 5.74) is 1.32. The van der Waals surface area contributed by atoms with E-state index in [1.807, 2.05) is 24.3 Å². The van der Waals surface area contributed by atoms with Crippen LogP contribution in [0.15, 0.2) is 36.5 Å². The molecule has 0 aliphatic carbocycles. The molecule has 0 radical (unpaired) electrons. The van der Waals surface area contributed by atoms with E-state index in [-0.39, 0.29) is 12.0 Å². The molecule has 3 rings (SSSR count). The van der Waals surface area contributed by atoms with E-state index in [0.29, 0.717) is 43.9 Å². The highest BCUT2D eigenvalue weighted by molar-refractivity contribution is 6.05. The second-order valence-electron chi connectivity index (χ2n) is 5.36. The molecule has 120 valence electrons. The molecule has 0 bridgehead atoms. The summed E-state index contributed by atoms with van der Waals surface area (Å²) < 4.78 is 4.99. The molecule has 0 unspecified atom stereocenters. The van der Waals surface area contributed by atoms with E-state index in [0.717, 1.165) is 5.39 Å². The second-order valence-corrected chi connectivity index (χ2v) is 5.36. The summed E-state index contributed by atoms with van der Waals surface area (Å²) in [6.07, 6.45) is 1.38. The Morgan fingerprint density at radius 3 is 2.52 bits per heavy atom. The summed E-state index contributed by atoms with van der Waals surface area (Å²) in [4.78, 5) is 32.2. The Morgan fingerprint density at radius 1 is 1.09 bits per heavy atom. The molecule has 0 N–H and O–H groups in total. The van der Waals surface area contributed by atoms with Crippen molar-refractivity contribution >= 4 is 22.9 Å². The first-order valence-electron chi connectivity index (χ1n) is 7.75. The first kappa shape index (κ1) is 15.3. The molecular weight excluding hydrogens is 294 g/mol. The van der Waals surface area contributed by atoms with Crippen LogP contribution in [0.25, 0.3) is 10.9 Å². The lowest BCUT2D eigenvalue weighted by molar-refractivity contribution is 0.0572. The van der Waals surface area contributed by atoms with Gasteiger partial charge in [0.15, 0.2) is 0 Å². The number of carbonyl (C=O) groups excluding carboxylic acids is 2. The maximum atomic E-state index is 12.8. The molecule has 1 fully saturated rings. The SMILES string of the molecule is CCOC(=O)N1CCN(C(=O)c2cccc3cccnc23)CC1. The number of piperazine rings is 1. The van der Waals surface area contributed by atoms with Gasteiger partial charge >= 0.3 is 6.09 Å². The fourth-order valence-electron chi connectivity index (χ4n) is 2.75. The number of aromatic nitrogens is 1. The van der Waals surface area contributed by atoms with Crippen molar-refractivity contribution in [2.24, 2.45) is 0 Å². The van der Waals surface area contributed by atoms with Gasteiger partial charge in [0.2, 0.25) is 0 Å². The molecule has 1 aliphatic heterocycles. The van der Waals surface area contributed by atoms with E-state index >= 15 is 0 Å². The molecule has 6 nitrogen and oxygen atoms in total. The molecule has 2 aromatic rings. The van der Waals surface area contributed by atoms with Gasteiger partial charge < -0.3 is 14.5 Å². The van der Waals surface area contributed by atoms with Crippen molar-refractivity contribution in [3.8, 4) is 0 Å². The van der Waals surface area contributed by atoms with Crippen LogP contribution in [0.3, 0.4) is 0 Å². The van der Waals surface area contributed by atoms with Gasteiger partial charge in [-0.1, -0.05) is 18.2 Å². The summed E-state index contributed by atoms with van der Waals surface area (Å²) in [6, 6.07) is 9.41. The van der Waals surface area contributed by atoms with Crippen molar-refractivity contribution < 1.29 is 14.3 Å². The minimum atomic E-state index is -0.313. The number of carbonyl (C=O) groups is 2. The number of nitrogens with zero attached hydrogens (tertiary/aromatic N) is 3. The molecular formula is C17H19N3O3. The molecule has 1 saturated heterocycles. The molecule has 1 aromatic heterocycles. The molecule has 23 heavy (non-hydrogen) atoms. The Morgan fingerprint density at radius 2 is 1.78 bits per heavy atom. The van der Waals surface area contributed by atoms with Gasteiger partial charge in [-0.3, -0.25) is 9.78 Å². The minimum absolute atomic E-state index is 0.0437. The van der Waals surface area contributed by atoms with Crippen LogP contribution in [-0.2, 0) is 4.74 Å². The van der Waals surface area contributed by atoms with Crippen molar-refractivity contribution in [3.63, 3.8) is 0 Å². The van der Waals surface area contributed by atoms with Crippen molar-refractivity contribution in [1.29, 1.82) is 0 Å². The number of para-hydroxylation sites is 1. The van der Waals surface area contributed by atoms with Crippen molar-refractivity contribution in [2.75, 3.05) is 32.8 Å². The summed E-state index contributed by atoms with van der Waals surface area (Å²) in [7, 11) is 0. The van der Waals surface area contributed by atoms with E-state index in [9.17, 15) is 9.59 Å². The third-order valence-electron chi connectivity index (χ3n) is 3.96. The van der Waals surface area contributed by atoms with Gasteiger partial charge in [0.25, 0.3) is 5.91 Å². The number of rotatable bonds is 2. The molecule has 0 spiro atoms. The van der Waals surface area contributed by atoms with Crippen LogP contribution in [0.4, 0.5) is 4.79 Å². The Labute approximate surface area is 134 Å². The summed E-state index contributed by atoms with van der Waals surface area (Å²) >= 11 is 0. The van der Waals surface area contributed by atoms with Crippen LogP contribution in [-0.4, -0.2) is 59.6 Å². The standard InChI is InChI=1S/C17H19N3O3/c1-2-23-17(22)20-11-9-19(10-12-20)16(21)14-7-3-5-13-6-4-8-18-15(13)14/h3-8H,2,9-12H2,1H3. The summed E-state index contributed by atoms with van der Waals surface area (Å²) in [6.45, 7) is 4.12. The number of hydrogen-bond acceptors (Lipinski definition) is 4.